The van der Waals surface area contributed by atoms with Crippen LogP contribution in [0.1, 0.15) is 41.8 Å². The molecule has 0 radical (unpaired) electrons. The van der Waals surface area contributed by atoms with E-state index in [0.29, 0.717) is 30.5 Å². The Hall–Kier alpha value is -2.69. The van der Waals surface area contributed by atoms with Gasteiger partial charge in [0.15, 0.2) is 0 Å². The van der Waals surface area contributed by atoms with Gasteiger partial charge in [0.1, 0.15) is 6.61 Å². The minimum atomic E-state index is -3.58. The molecule has 2 atom stereocenters. The highest BCUT2D eigenvalue weighted by Gasteiger charge is 2.31. The van der Waals surface area contributed by atoms with Gasteiger partial charge in [-0.15, -0.1) is 0 Å². The maximum atomic E-state index is 12.9. The smallest absolute Gasteiger partial charge is 0.338 e. The molecule has 0 aliphatic carbocycles. The van der Waals surface area contributed by atoms with E-state index in [4.69, 9.17) is 10.00 Å². The molecule has 0 bridgehead atoms. The summed E-state index contributed by atoms with van der Waals surface area (Å²) in [6, 6.07) is 14.7. The van der Waals surface area contributed by atoms with Crippen molar-refractivity contribution in [1.29, 1.82) is 5.26 Å². The summed E-state index contributed by atoms with van der Waals surface area (Å²) in [6.07, 6.45) is 1.02. The molecule has 2 aromatic rings. The fraction of sp³-hybridized carbons (Fsp3) is 0.364. The van der Waals surface area contributed by atoms with Crippen LogP contribution in [-0.2, 0) is 21.4 Å². The molecular weight excluding hydrogens is 388 g/mol. The maximum Gasteiger partial charge on any atom is 0.338 e. The molecule has 0 amide bonds. The molecular formula is C22H24N2O4S. The van der Waals surface area contributed by atoms with E-state index in [2.05, 4.69) is 13.8 Å². The highest BCUT2D eigenvalue weighted by Crippen LogP contribution is 2.26. The van der Waals surface area contributed by atoms with Crippen molar-refractivity contribution in [3.8, 4) is 6.07 Å². The molecule has 2 aromatic carbocycles. The third-order valence-electron chi connectivity index (χ3n) is 5.02. The minimum Gasteiger partial charge on any atom is -0.457 e. The van der Waals surface area contributed by atoms with Gasteiger partial charge in [-0.05, 0) is 60.2 Å². The largest absolute Gasteiger partial charge is 0.457 e. The van der Waals surface area contributed by atoms with Gasteiger partial charge in [0.2, 0.25) is 10.0 Å². The molecule has 2 unspecified atom stereocenters. The number of rotatable bonds is 5. The van der Waals surface area contributed by atoms with Crippen LogP contribution in [-0.4, -0.2) is 31.8 Å². The summed E-state index contributed by atoms with van der Waals surface area (Å²) in [4.78, 5) is 12.4. The molecule has 1 aliphatic rings. The molecule has 0 saturated carbocycles. The lowest BCUT2D eigenvalue weighted by Gasteiger charge is -2.34. The van der Waals surface area contributed by atoms with Crippen LogP contribution in [0.3, 0.4) is 0 Å². The topological polar surface area (TPSA) is 87.5 Å². The molecule has 1 fully saturated rings. The van der Waals surface area contributed by atoms with Crippen molar-refractivity contribution in [3.05, 3.63) is 65.2 Å². The molecule has 0 aromatic heterocycles. The van der Waals surface area contributed by atoms with Gasteiger partial charge in [-0.2, -0.15) is 9.57 Å². The Morgan fingerprint density at radius 1 is 1.07 bits per heavy atom. The number of nitrogens with zero attached hydrogens (tertiary/aromatic N) is 2. The zero-order chi connectivity index (χ0) is 21.0. The molecule has 1 saturated heterocycles. The van der Waals surface area contributed by atoms with E-state index in [-0.39, 0.29) is 17.1 Å². The van der Waals surface area contributed by atoms with Crippen LogP contribution in [0.15, 0.2) is 53.4 Å². The predicted octanol–water partition coefficient (Wildman–Crippen LogP) is 3.58. The third kappa shape index (κ3) is 5.03. The van der Waals surface area contributed by atoms with Crippen LogP contribution < -0.4 is 0 Å². The van der Waals surface area contributed by atoms with Gasteiger partial charge in [0.25, 0.3) is 0 Å². The average molecular weight is 413 g/mol. The van der Waals surface area contributed by atoms with Crippen LogP contribution in [0.5, 0.6) is 0 Å². The molecule has 0 spiro atoms. The lowest BCUT2D eigenvalue weighted by atomic mass is 9.94. The molecule has 29 heavy (non-hydrogen) atoms. The van der Waals surface area contributed by atoms with Gasteiger partial charge in [0.05, 0.1) is 22.1 Å². The summed E-state index contributed by atoms with van der Waals surface area (Å²) in [5.41, 5.74) is 1.59. The Morgan fingerprint density at radius 3 is 2.21 bits per heavy atom. The normalized spacial score (nSPS) is 20.0. The Balaban J connectivity index is 1.65. The standard InChI is InChI=1S/C22H24N2O4S/c1-16-11-17(2)14-24(13-16)29(26,27)21-9-7-20(8-10-21)22(25)28-15-19-5-3-18(12-23)4-6-19/h3-10,16-17H,11,13-15H2,1-2H3. The van der Waals surface area contributed by atoms with Crippen molar-refractivity contribution in [3.63, 3.8) is 0 Å². The quantitative estimate of drug-likeness (QED) is 0.701. The number of carbonyl (C=O) groups is 1. The van der Waals surface area contributed by atoms with Crippen molar-refractivity contribution in [2.24, 2.45) is 11.8 Å². The summed E-state index contributed by atoms with van der Waals surface area (Å²) in [7, 11) is -3.58. The van der Waals surface area contributed by atoms with Crippen LogP contribution in [0.2, 0.25) is 0 Å². The Kier molecular flexibility index (Phi) is 6.36. The molecule has 6 nitrogen and oxygen atoms in total. The van der Waals surface area contributed by atoms with Gasteiger partial charge in [0, 0.05) is 13.1 Å². The van der Waals surface area contributed by atoms with E-state index in [1.807, 2.05) is 6.07 Å². The van der Waals surface area contributed by atoms with E-state index < -0.39 is 16.0 Å². The number of piperidine rings is 1. The van der Waals surface area contributed by atoms with Gasteiger partial charge in [-0.3, -0.25) is 0 Å². The zero-order valence-electron chi connectivity index (χ0n) is 16.5. The van der Waals surface area contributed by atoms with Crippen LogP contribution in [0.4, 0.5) is 0 Å². The first-order chi connectivity index (χ1) is 13.8. The van der Waals surface area contributed by atoms with Crippen molar-refractivity contribution in [2.75, 3.05) is 13.1 Å². The molecule has 1 heterocycles. The summed E-state index contributed by atoms with van der Waals surface area (Å²) in [6.45, 7) is 5.23. The van der Waals surface area contributed by atoms with Crippen molar-refractivity contribution in [2.45, 2.75) is 31.8 Å². The fourth-order valence-corrected chi connectivity index (χ4v) is 5.30. The number of sulfonamides is 1. The lowest BCUT2D eigenvalue weighted by molar-refractivity contribution is 0.0472. The first-order valence-corrected chi connectivity index (χ1v) is 11.0. The molecule has 152 valence electrons. The van der Waals surface area contributed by atoms with Crippen LogP contribution >= 0.6 is 0 Å². The fourth-order valence-electron chi connectivity index (χ4n) is 3.62. The van der Waals surface area contributed by atoms with E-state index in [1.165, 1.54) is 28.6 Å². The zero-order valence-corrected chi connectivity index (χ0v) is 17.4. The highest BCUT2D eigenvalue weighted by atomic mass is 32.2. The predicted molar refractivity (Wildman–Crippen MR) is 108 cm³/mol. The Bertz CT molecular complexity index is 998. The second-order valence-corrected chi connectivity index (χ2v) is 9.62. The number of carbonyl (C=O) groups excluding carboxylic acids is 1. The molecule has 3 rings (SSSR count). The summed E-state index contributed by atoms with van der Waals surface area (Å²) < 4.78 is 32.6. The van der Waals surface area contributed by atoms with E-state index in [9.17, 15) is 13.2 Å². The van der Waals surface area contributed by atoms with Gasteiger partial charge < -0.3 is 4.74 Å². The van der Waals surface area contributed by atoms with Crippen molar-refractivity contribution < 1.29 is 17.9 Å². The van der Waals surface area contributed by atoms with Crippen LogP contribution in [0.25, 0.3) is 0 Å². The minimum absolute atomic E-state index is 0.0775. The molecule has 1 aliphatic heterocycles. The maximum absolute atomic E-state index is 12.9. The molecule has 7 heteroatoms. The Morgan fingerprint density at radius 2 is 1.66 bits per heavy atom. The van der Waals surface area contributed by atoms with Gasteiger partial charge in [-0.1, -0.05) is 26.0 Å². The van der Waals surface area contributed by atoms with E-state index in [1.54, 1.807) is 24.3 Å². The number of hydrogen-bond donors (Lipinski definition) is 0. The first-order valence-electron chi connectivity index (χ1n) is 9.56. The third-order valence-corrected chi connectivity index (χ3v) is 6.86. The summed E-state index contributed by atoms with van der Waals surface area (Å²) in [5, 5.41) is 8.80. The summed E-state index contributed by atoms with van der Waals surface area (Å²) in [5.74, 6) is 0.119. The SMILES string of the molecule is CC1CC(C)CN(S(=O)(=O)c2ccc(C(=O)OCc3ccc(C#N)cc3)cc2)C1. The number of hydrogen-bond acceptors (Lipinski definition) is 5. The number of ether oxygens (including phenoxy) is 1. The summed E-state index contributed by atoms with van der Waals surface area (Å²) >= 11 is 0. The monoisotopic (exact) mass is 412 g/mol. The van der Waals surface area contributed by atoms with Gasteiger partial charge >= 0.3 is 5.97 Å². The van der Waals surface area contributed by atoms with Gasteiger partial charge in [-0.25, -0.2) is 13.2 Å². The number of esters is 1. The number of benzene rings is 2. The van der Waals surface area contributed by atoms with E-state index in [0.717, 1.165) is 12.0 Å². The Labute approximate surface area is 171 Å². The van der Waals surface area contributed by atoms with E-state index >= 15 is 0 Å². The molecule has 0 N–H and O–H groups in total. The van der Waals surface area contributed by atoms with Crippen molar-refractivity contribution >= 4 is 16.0 Å². The second-order valence-electron chi connectivity index (χ2n) is 7.68. The average Bonchev–Trinajstić information content (AvgIpc) is 2.71. The lowest BCUT2D eigenvalue weighted by Crippen LogP contribution is -2.42. The highest BCUT2D eigenvalue weighted by molar-refractivity contribution is 7.89. The number of nitriles is 1. The second kappa shape index (κ2) is 8.76. The van der Waals surface area contributed by atoms with Crippen LogP contribution in [0, 0.1) is 23.2 Å². The van der Waals surface area contributed by atoms with Crippen molar-refractivity contribution in [1.82, 2.24) is 4.31 Å². The first kappa shape index (κ1) is 21.0.